The van der Waals surface area contributed by atoms with Crippen molar-refractivity contribution in [3.63, 3.8) is 0 Å². The summed E-state index contributed by atoms with van der Waals surface area (Å²) in [7, 11) is 0. The third-order valence-corrected chi connectivity index (χ3v) is 5.67. The minimum absolute atomic E-state index is 0.174. The molecule has 0 bridgehead atoms. The zero-order valence-corrected chi connectivity index (χ0v) is 18.1. The third-order valence-electron chi connectivity index (χ3n) is 5.17. The SMILES string of the molecule is O=C(Nc1cc(Br)ccc1N1CCOCC1)c1cccc(NC(=O)C2CCCO2)c1. The van der Waals surface area contributed by atoms with Gasteiger partial charge in [0.25, 0.3) is 11.8 Å². The van der Waals surface area contributed by atoms with E-state index in [-0.39, 0.29) is 11.8 Å². The molecule has 2 heterocycles. The lowest BCUT2D eigenvalue weighted by Gasteiger charge is -2.30. The third kappa shape index (κ3) is 5.00. The first-order valence-electron chi connectivity index (χ1n) is 10.1. The van der Waals surface area contributed by atoms with Crippen molar-refractivity contribution in [2.24, 2.45) is 0 Å². The smallest absolute Gasteiger partial charge is 0.255 e. The second kappa shape index (κ2) is 9.59. The monoisotopic (exact) mass is 473 g/mol. The summed E-state index contributed by atoms with van der Waals surface area (Å²) in [6.45, 7) is 3.48. The van der Waals surface area contributed by atoms with Crippen LogP contribution in [0.3, 0.4) is 0 Å². The molecule has 2 aromatic rings. The molecule has 1 unspecified atom stereocenters. The van der Waals surface area contributed by atoms with Crippen LogP contribution in [0, 0.1) is 0 Å². The number of carbonyl (C=O) groups is 2. The van der Waals surface area contributed by atoms with Crippen molar-refractivity contribution in [3.05, 3.63) is 52.5 Å². The predicted octanol–water partition coefficient (Wildman–Crippen LogP) is 3.66. The van der Waals surface area contributed by atoms with Crippen LogP contribution in [-0.2, 0) is 14.3 Å². The zero-order valence-electron chi connectivity index (χ0n) is 16.5. The molecule has 8 heteroatoms. The molecule has 2 aromatic carbocycles. The van der Waals surface area contributed by atoms with E-state index in [0.717, 1.165) is 41.8 Å². The number of halogens is 1. The number of carbonyl (C=O) groups excluding carboxylic acids is 2. The number of nitrogens with zero attached hydrogens (tertiary/aromatic N) is 1. The lowest BCUT2D eigenvalue weighted by Crippen LogP contribution is -2.36. The number of benzene rings is 2. The zero-order chi connectivity index (χ0) is 20.9. The first kappa shape index (κ1) is 20.8. The van der Waals surface area contributed by atoms with Crippen LogP contribution in [-0.4, -0.2) is 50.8 Å². The van der Waals surface area contributed by atoms with Gasteiger partial charge < -0.3 is 25.0 Å². The molecule has 0 radical (unpaired) electrons. The normalized spacial score (nSPS) is 18.8. The second-order valence-electron chi connectivity index (χ2n) is 7.29. The molecule has 0 saturated carbocycles. The maximum atomic E-state index is 12.9. The molecule has 158 valence electrons. The molecule has 2 saturated heterocycles. The van der Waals surface area contributed by atoms with Gasteiger partial charge in [-0.05, 0) is 49.2 Å². The van der Waals surface area contributed by atoms with Crippen molar-refractivity contribution in [2.45, 2.75) is 18.9 Å². The Bertz CT molecular complexity index is 924. The topological polar surface area (TPSA) is 79.9 Å². The quantitative estimate of drug-likeness (QED) is 0.692. The van der Waals surface area contributed by atoms with E-state index in [1.807, 2.05) is 18.2 Å². The molecule has 0 aromatic heterocycles. The Balaban J connectivity index is 1.49. The summed E-state index contributed by atoms with van der Waals surface area (Å²) in [4.78, 5) is 27.4. The van der Waals surface area contributed by atoms with E-state index in [1.54, 1.807) is 24.3 Å². The Morgan fingerprint density at radius 2 is 1.87 bits per heavy atom. The van der Waals surface area contributed by atoms with Crippen LogP contribution in [0.1, 0.15) is 23.2 Å². The van der Waals surface area contributed by atoms with Gasteiger partial charge in [-0.15, -0.1) is 0 Å². The molecule has 2 amide bonds. The maximum Gasteiger partial charge on any atom is 0.255 e. The highest BCUT2D eigenvalue weighted by Crippen LogP contribution is 2.30. The number of ether oxygens (including phenoxy) is 2. The van der Waals surface area contributed by atoms with Crippen LogP contribution >= 0.6 is 15.9 Å². The number of nitrogens with one attached hydrogen (secondary N) is 2. The van der Waals surface area contributed by atoms with Gasteiger partial charge in [0.05, 0.1) is 24.6 Å². The molecule has 0 aliphatic carbocycles. The number of anilines is 3. The van der Waals surface area contributed by atoms with E-state index in [1.165, 1.54) is 0 Å². The van der Waals surface area contributed by atoms with Gasteiger partial charge in [-0.3, -0.25) is 9.59 Å². The number of amides is 2. The fourth-order valence-electron chi connectivity index (χ4n) is 3.63. The number of rotatable bonds is 5. The van der Waals surface area contributed by atoms with Crippen molar-refractivity contribution < 1.29 is 19.1 Å². The fourth-order valence-corrected chi connectivity index (χ4v) is 3.99. The highest BCUT2D eigenvalue weighted by molar-refractivity contribution is 9.10. The maximum absolute atomic E-state index is 12.9. The Kier molecular flexibility index (Phi) is 6.66. The largest absolute Gasteiger partial charge is 0.378 e. The van der Waals surface area contributed by atoms with Crippen LogP contribution in [0.5, 0.6) is 0 Å². The van der Waals surface area contributed by atoms with E-state index in [4.69, 9.17) is 9.47 Å². The van der Waals surface area contributed by atoms with Gasteiger partial charge >= 0.3 is 0 Å². The highest BCUT2D eigenvalue weighted by atomic mass is 79.9. The van der Waals surface area contributed by atoms with Crippen LogP contribution in [0.4, 0.5) is 17.1 Å². The van der Waals surface area contributed by atoms with E-state index in [0.29, 0.717) is 31.1 Å². The van der Waals surface area contributed by atoms with Crippen molar-refractivity contribution in [1.29, 1.82) is 0 Å². The van der Waals surface area contributed by atoms with Gasteiger partial charge in [-0.1, -0.05) is 22.0 Å². The Hall–Kier alpha value is -2.42. The van der Waals surface area contributed by atoms with E-state index in [2.05, 4.69) is 31.5 Å². The van der Waals surface area contributed by atoms with Crippen molar-refractivity contribution in [3.8, 4) is 0 Å². The van der Waals surface area contributed by atoms with Gasteiger partial charge in [0, 0.05) is 35.4 Å². The van der Waals surface area contributed by atoms with E-state index in [9.17, 15) is 9.59 Å². The fraction of sp³-hybridized carbons (Fsp3) is 0.364. The van der Waals surface area contributed by atoms with Gasteiger partial charge in [0.15, 0.2) is 0 Å². The average Bonchev–Trinajstić information content (AvgIpc) is 3.30. The lowest BCUT2D eigenvalue weighted by molar-refractivity contribution is -0.124. The molecule has 7 nitrogen and oxygen atoms in total. The number of morpholine rings is 1. The van der Waals surface area contributed by atoms with Gasteiger partial charge in [0.2, 0.25) is 0 Å². The summed E-state index contributed by atoms with van der Waals surface area (Å²) in [5.74, 6) is -0.414. The summed E-state index contributed by atoms with van der Waals surface area (Å²) in [6.07, 6.45) is 1.19. The minimum atomic E-state index is -0.416. The average molecular weight is 474 g/mol. The summed E-state index contributed by atoms with van der Waals surface area (Å²) < 4.78 is 11.7. The standard InChI is InChI=1S/C22H24BrN3O4/c23-16-6-7-19(26-8-11-29-12-9-26)18(14-16)25-21(27)15-3-1-4-17(13-15)24-22(28)20-5-2-10-30-20/h1,3-4,6-7,13-14,20H,2,5,8-12H2,(H,24,28)(H,25,27). The highest BCUT2D eigenvalue weighted by Gasteiger charge is 2.24. The number of hydrogen-bond donors (Lipinski definition) is 2. The number of hydrogen-bond acceptors (Lipinski definition) is 5. The molecule has 30 heavy (non-hydrogen) atoms. The Morgan fingerprint density at radius 1 is 1.03 bits per heavy atom. The molecule has 2 aliphatic rings. The molecule has 2 N–H and O–H groups in total. The van der Waals surface area contributed by atoms with Crippen molar-refractivity contribution >= 4 is 44.8 Å². The first-order chi connectivity index (χ1) is 14.6. The van der Waals surface area contributed by atoms with Crippen LogP contribution in [0.15, 0.2) is 46.9 Å². The Labute approximate surface area is 183 Å². The Morgan fingerprint density at radius 3 is 2.63 bits per heavy atom. The molecule has 2 fully saturated rings. The van der Waals surface area contributed by atoms with Crippen LogP contribution in [0.2, 0.25) is 0 Å². The van der Waals surface area contributed by atoms with Crippen LogP contribution < -0.4 is 15.5 Å². The molecular weight excluding hydrogens is 450 g/mol. The van der Waals surface area contributed by atoms with Gasteiger partial charge in [0.1, 0.15) is 6.10 Å². The molecule has 2 aliphatic heterocycles. The van der Waals surface area contributed by atoms with E-state index >= 15 is 0 Å². The summed E-state index contributed by atoms with van der Waals surface area (Å²) in [6, 6.07) is 12.8. The molecule has 1 atom stereocenters. The summed E-state index contributed by atoms with van der Waals surface area (Å²) in [5, 5.41) is 5.85. The second-order valence-corrected chi connectivity index (χ2v) is 8.20. The minimum Gasteiger partial charge on any atom is -0.378 e. The lowest BCUT2D eigenvalue weighted by atomic mass is 10.1. The predicted molar refractivity (Wildman–Crippen MR) is 119 cm³/mol. The van der Waals surface area contributed by atoms with Gasteiger partial charge in [-0.2, -0.15) is 0 Å². The first-order valence-corrected chi connectivity index (χ1v) is 10.9. The molecule has 4 rings (SSSR count). The summed E-state index contributed by atoms with van der Waals surface area (Å²) in [5.41, 5.74) is 2.72. The van der Waals surface area contributed by atoms with Crippen molar-refractivity contribution in [2.75, 3.05) is 48.4 Å². The van der Waals surface area contributed by atoms with Gasteiger partial charge in [-0.25, -0.2) is 0 Å². The van der Waals surface area contributed by atoms with E-state index < -0.39 is 6.10 Å². The summed E-state index contributed by atoms with van der Waals surface area (Å²) >= 11 is 3.48. The molecular formula is C22H24BrN3O4. The molecule has 0 spiro atoms. The van der Waals surface area contributed by atoms with Crippen LogP contribution in [0.25, 0.3) is 0 Å². The van der Waals surface area contributed by atoms with Crippen molar-refractivity contribution in [1.82, 2.24) is 0 Å².